The van der Waals surface area contributed by atoms with Gasteiger partial charge in [0.25, 0.3) is 0 Å². The van der Waals surface area contributed by atoms with Crippen molar-refractivity contribution in [1.29, 1.82) is 0 Å². The molecule has 0 N–H and O–H groups in total. The number of allylic oxidation sites excluding steroid dienone is 1. The van der Waals surface area contributed by atoms with Gasteiger partial charge in [0.2, 0.25) is 0 Å². The van der Waals surface area contributed by atoms with Gasteiger partial charge in [0.15, 0.2) is 0 Å². The van der Waals surface area contributed by atoms with Crippen LogP contribution in [0.15, 0.2) is 12.7 Å². The second-order valence-corrected chi connectivity index (χ2v) is 5.84. The van der Waals surface area contributed by atoms with Gasteiger partial charge in [0.1, 0.15) is 0 Å². The Balaban J connectivity index is 1.90. The quantitative estimate of drug-likeness (QED) is 0.564. The van der Waals surface area contributed by atoms with Crippen molar-refractivity contribution in [3.63, 3.8) is 0 Å². The zero-order chi connectivity index (χ0) is 10.6. The van der Waals surface area contributed by atoms with Crippen molar-refractivity contribution < 1.29 is 0 Å². The Morgan fingerprint density at radius 3 is 2.13 bits per heavy atom. The molecule has 2 aliphatic rings. The summed E-state index contributed by atoms with van der Waals surface area (Å²) in [4.78, 5) is 0. The number of hydrogen-bond donors (Lipinski definition) is 0. The summed E-state index contributed by atoms with van der Waals surface area (Å²) in [5, 5.41) is 0. The zero-order valence-electron chi connectivity index (χ0n) is 10.1. The monoisotopic (exact) mass is 206 g/mol. The Hall–Kier alpha value is -0.260. The van der Waals surface area contributed by atoms with E-state index in [4.69, 9.17) is 0 Å². The first-order valence-corrected chi connectivity index (χ1v) is 6.98. The van der Waals surface area contributed by atoms with Crippen molar-refractivity contribution in [2.24, 2.45) is 11.3 Å². The molecule has 0 heteroatoms. The van der Waals surface area contributed by atoms with Crippen LogP contribution in [0.25, 0.3) is 0 Å². The molecule has 0 bridgehead atoms. The lowest BCUT2D eigenvalue weighted by atomic mass is 9.67. The topological polar surface area (TPSA) is 0 Å². The maximum atomic E-state index is 4.12. The van der Waals surface area contributed by atoms with Crippen LogP contribution >= 0.6 is 0 Å². The molecule has 0 aromatic carbocycles. The van der Waals surface area contributed by atoms with Gasteiger partial charge in [-0.3, -0.25) is 0 Å². The number of hydrogen-bond acceptors (Lipinski definition) is 0. The van der Waals surface area contributed by atoms with Crippen molar-refractivity contribution in [3.8, 4) is 0 Å². The van der Waals surface area contributed by atoms with Gasteiger partial charge in [-0.15, -0.1) is 6.58 Å². The van der Waals surface area contributed by atoms with E-state index in [1.54, 1.807) is 0 Å². The fourth-order valence-corrected chi connectivity index (χ4v) is 3.71. The van der Waals surface area contributed by atoms with Crippen molar-refractivity contribution in [1.82, 2.24) is 0 Å². The highest BCUT2D eigenvalue weighted by Crippen LogP contribution is 2.45. The summed E-state index contributed by atoms with van der Waals surface area (Å²) < 4.78 is 0. The van der Waals surface area contributed by atoms with Crippen LogP contribution in [0.5, 0.6) is 0 Å². The van der Waals surface area contributed by atoms with E-state index in [-0.39, 0.29) is 0 Å². The maximum absolute atomic E-state index is 4.12. The summed E-state index contributed by atoms with van der Waals surface area (Å²) in [6.07, 6.45) is 18.4. The van der Waals surface area contributed by atoms with Gasteiger partial charge >= 0.3 is 0 Å². The van der Waals surface area contributed by atoms with Crippen LogP contribution in [0.1, 0.15) is 70.6 Å². The second kappa shape index (κ2) is 5.18. The first-order valence-electron chi connectivity index (χ1n) is 6.98. The third kappa shape index (κ3) is 2.86. The smallest absolute Gasteiger partial charge is 0.0118 e. The first kappa shape index (κ1) is 11.2. The van der Waals surface area contributed by atoms with E-state index in [0.29, 0.717) is 5.41 Å². The highest BCUT2D eigenvalue weighted by molar-refractivity contribution is 4.98. The summed E-state index contributed by atoms with van der Waals surface area (Å²) in [7, 11) is 0. The normalized spacial score (nSPS) is 27.5. The van der Waals surface area contributed by atoms with Crippen molar-refractivity contribution >= 4 is 0 Å². The van der Waals surface area contributed by atoms with Crippen molar-refractivity contribution in [2.75, 3.05) is 0 Å². The molecule has 2 fully saturated rings. The fourth-order valence-electron chi connectivity index (χ4n) is 3.71. The number of rotatable bonds is 3. The lowest BCUT2D eigenvalue weighted by Gasteiger charge is -2.38. The van der Waals surface area contributed by atoms with Crippen LogP contribution < -0.4 is 0 Å². The highest BCUT2D eigenvalue weighted by Gasteiger charge is 2.31. The molecule has 2 rings (SSSR count). The van der Waals surface area contributed by atoms with Gasteiger partial charge in [-0.1, -0.05) is 57.4 Å². The van der Waals surface area contributed by atoms with E-state index in [2.05, 4.69) is 12.7 Å². The minimum Gasteiger partial charge on any atom is -0.103 e. The second-order valence-electron chi connectivity index (χ2n) is 5.84. The van der Waals surface area contributed by atoms with Crippen LogP contribution in [0.4, 0.5) is 0 Å². The van der Waals surface area contributed by atoms with Crippen LogP contribution in [-0.2, 0) is 0 Å². The molecular formula is C15H26. The van der Waals surface area contributed by atoms with Gasteiger partial charge in [-0.2, -0.15) is 0 Å². The molecular weight excluding hydrogens is 180 g/mol. The Morgan fingerprint density at radius 1 is 0.933 bits per heavy atom. The Kier molecular flexibility index (Phi) is 3.88. The summed E-state index contributed by atoms with van der Waals surface area (Å²) in [5.74, 6) is 1.02. The van der Waals surface area contributed by atoms with Gasteiger partial charge in [0.05, 0.1) is 0 Å². The molecule has 0 aromatic rings. The van der Waals surface area contributed by atoms with Crippen LogP contribution in [0.2, 0.25) is 0 Å². The largest absolute Gasteiger partial charge is 0.103 e. The third-order valence-corrected chi connectivity index (χ3v) is 4.70. The fraction of sp³-hybridized carbons (Fsp3) is 0.867. The predicted octanol–water partition coefficient (Wildman–Crippen LogP) is 5.09. The standard InChI is InChI=1S/C15H26/c1-2-15(11-7-4-8-12-15)13-14-9-5-3-6-10-14/h2,14H,1,3-13H2. The summed E-state index contributed by atoms with van der Waals surface area (Å²) >= 11 is 0. The summed E-state index contributed by atoms with van der Waals surface area (Å²) in [6.45, 7) is 4.12. The third-order valence-electron chi connectivity index (χ3n) is 4.70. The summed E-state index contributed by atoms with van der Waals surface area (Å²) in [5.41, 5.74) is 0.542. The first-order chi connectivity index (χ1) is 7.35. The highest BCUT2D eigenvalue weighted by atomic mass is 14.4. The predicted molar refractivity (Wildman–Crippen MR) is 66.9 cm³/mol. The van der Waals surface area contributed by atoms with E-state index < -0.39 is 0 Å². The van der Waals surface area contributed by atoms with Crippen LogP contribution in [-0.4, -0.2) is 0 Å². The van der Waals surface area contributed by atoms with E-state index in [1.807, 2.05) is 0 Å². The van der Waals surface area contributed by atoms with E-state index in [0.717, 1.165) is 5.92 Å². The molecule has 2 saturated carbocycles. The maximum Gasteiger partial charge on any atom is -0.0118 e. The molecule has 0 aromatic heterocycles. The van der Waals surface area contributed by atoms with Crippen molar-refractivity contribution in [2.45, 2.75) is 70.6 Å². The minimum atomic E-state index is 0.542. The van der Waals surface area contributed by atoms with Crippen LogP contribution in [0.3, 0.4) is 0 Å². The molecule has 86 valence electrons. The molecule has 0 unspecified atom stereocenters. The Labute approximate surface area is 95.1 Å². The average Bonchev–Trinajstić information content (AvgIpc) is 2.32. The van der Waals surface area contributed by atoms with Gasteiger partial charge in [-0.05, 0) is 30.6 Å². The molecule has 2 aliphatic carbocycles. The van der Waals surface area contributed by atoms with E-state index >= 15 is 0 Å². The molecule has 0 spiro atoms. The minimum absolute atomic E-state index is 0.542. The lowest BCUT2D eigenvalue weighted by Crippen LogP contribution is -2.25. The molecule has 0 nitrogen and oxygen atoms in total. The van der Waals surface area contributed by atoms with Crippen LogP contribution in [0, 0.1) is 11.3 Å². The van der Waals surface area contributed by atoms with Gasteiger partial charge < -0.3 is 0 Å². The molecule has 0 saturated heterocycles. The van der Waals surface area contributed by atoms with Gasteiger partial charge in [-0.25, -0.2) is 0 Å². The lowest BCUT2D eigenvalue weighted by molar-refractivity contribution is 0.176. The van der Waals surface area contributed by atoms with Gasteiger partial charge in [0, 0.05) is 0 Å². The molecule has 0 heterocycles. The van der Waals surface area contributed by atoms with E-state index in [9.17, 15) is 0 Å². The molecule has 15 heavy (non-hydrogen) atoms. The average molecular weight is 206 g/mol. The van der Waals surface area contributed by atoms with E-state index in [1.165, 1.54) is 70.6 Å². The zero-order valence-corrected chi connectivity index (χ0v) is 10.1. The van der Waals surface area contributed by atoms with Crippen molar-refractivity contribution in [3.05, 3.63) is 12.7 Å². The summed E-state index contributed by atoms with van der Waals surface area (Å²) in [6, 6.07) is 0. The molecule has 0 amide bonds. The molecule has 0 radical (unpaired) electrons. The Morgan fingerprint density at radius 2 is 1.53 bits per heavy atom. The Bertz CT molecular complexity index is 192. The SMILES string of the molecule is C=CC1(CC2CCCCC2)CCCCC1. The molecule has 0 atom stereocenters. The molecule has 0 aliphatic heterocycles.